The molecule has 0 fully saturated rings. The second-order valence-corrected chi connectivity index (χ2v) is 5.69. The Bertz CT molecular complexity index is 557. The third-order valence-corrected chi connectivity index (χ3v) is 3.24. The van der Waals surface area contributed by atoms with E-state index in [1.54, 1.807) is 25.1 Å². The number of fused-ring (bicyclic) bond motifs is 1. The fraction of sp³-hybridized carbons (Fsp3) is 0.467. The highest BCUT2D eigenvalue weighted by Gasteiger charge is 2.24. The largest absolute Gasteiger partial charge is 0.479 e. The third-order valence-electron chi connectivity index (χ3n) is 3.24. The average molecular weight is 291 g/mol. The summed E-state index contributed by atoms with van der Waals surface area (Å²) < 4.78 is 5.45. The van der Waals surface area contributed by atoms with Crippen LogP contribution in [0.25, 0.3) is 0 Å². The molecular formula is C15H21N3O3. The molecule has 0 radical (unpaired) electrons. The summed E-state index contributed by atoms with van der Waals surface area (Å²) in [7, 11) is 0. The summed E-state index contributed by atoms with van der Waals surface area (Å²) in [4.78, 5) is 23.6. The molecule has 1 aromatic rings. The highest BCUT2D eigenvalue weighted by atomic mass is 16.5. The van der Waals surface area contributed by atoms with Gasteiger partial charge in [0.1, 0.15) is 5.75 Å². The van der Waals surface area contributed by atoms with Gasteiger partial charge in [0.15, 0.2) is 6.10 Å². The summed E-state index contributed by atoms with van der Waals surface area (Å²) in [5, 5.41) is 5.49. The molecule has 0 bridgehead atoms. The van der Waals surface area contributed by atoms with Gasteiger partial charge in [-0.2, -0.15) is 0 Å². The fourth-order valence-corrected chi connectivity index (χ4v) is 2.14. The summed E-state index contributed by atoms with van der Waals surface area (Å²) in [6.45, 7) is 5.71. The molecule has 6 nitrogen and oxygen atoms in total. The quantitative estimate of drug-likeness (QED) is 0.787. The zero-order valence-electron chi connectivity index (χ0n) is 12.5. The van der Waals surface area contributed by atoms with Gasteiger partial charge in [-0.15, -0.1) is 0 Å². The van der Waals surface area contributed by atoms with Crippen LogP contribution < -0.4 is 21.1 Å². The number of nitrogens with two attached hydrogens (primary N) is 1. The van der Waals surface area contributed by atoms with Crippen molar-refractivity contribution in [3.63, 3.8) is 0 Å². The summed E-state index contributed by atoms with van der Waals surface area (Å²) in [5.74, 6) is 0.498. The number of rotatable bonds is 4. The minimum Gasteiger partial charge on any atom is -0.479 e. The van der Waals surface area contributed by atoms with Gasteiger partial charge in [0.25, 0.3) is 5.91 Å². The van der Waals surface area contributed by atoms with Crippen molar-refractivity contribution in [1.82, 2.24) is 0 Å². The van der Waals surface area contributed by atoms with Crippen LogP contribution in [-0.2, 0) is 9.59 Å². The van der Waals surface area contributed by atoms with Crippen LogP contribution in [0.5, 0.6) is 5.75 Å². The number of carbonyl (C=O) groups is 2. The molecule has 2 amide bonds. The maximum absolute atomic E-state index is 12.0. The van der Waals surface area contributed by atoms with Gasteiger partial charge < -0.3 is 21.1 Å². The Kier molecular flexibility index (Phi) is 4.47. The lowest BCUT2D eigenvalue weighted by molar-refractivity contribution is -0.122. The SMILES string of the molecule is CC(C)C[C@H](N)C(=O)Nc1ccc2c(c1)NC(=O)C(C)O2. The van der Waals surface area contributed by atoms with Crippen molar-refractivity contribution in [2.24, 2.45) is 11.7 Å². The number of hydrogen-bond donors (Lipinski definition) is 3. The Hall–Kier alpha value is -2.08. The highest BCUT2D eigenvalue weighted by Crippen LogP contribution is 2.32. The first kappa shape index (κ1) is 15.3. The van der Waals surface area contributed by atoms with Crippen molar-refractivity contribution >= 4 is 23.2 Å². The Morgan fingerprint density at radius 2 is 2.19 bits per heavy atom. The van der Waals surface area contributed by atoms with E-state index in [2.05, 4.69) is 10.6 Å². The summed E-state index contributed by atoms with van der Waals surface area (Å²) in [6, 6.07) is 4.56. The molecule has 1 aromatic carbocycles. The molecule has 1 unspecified atom stereocenters. The molecule has 0 aromatic heterocycles. The van der Waals surface area contributed by atoms with E-state index >= 15 is 0 Å². The molecular weight excluding hydrogens is 270 g/mol. The van der Waals surface area contributed by atoms with Crippen LogP contribution in [0.2, 0.25) is 0 Å². The van der Waals surface area contributed by atoms with Gasteiger partial charge in [0.2, 0.25) is 5.91 Å². The molecule has 0 saturated carbocycles. The van der Waals surface area contributed by atoms with Gasteiger partial charge in [0, 0.05) is 5.69 Å². The van der Waals surface area contributed by atoms with E-state index in [0.29, 0.717) is 29.5 Å². The van der Waals surface area contributed by atoms with E-state index in [4.69, 9.17) is 10.5 Å². The Morgan fingerprint density at radius 1 is 1.48 bits per heavy atom. The first-order valence-electron chi connectivity index (χ1n) is 7.05. The van der Waals surface area contributed by atoms with Crippen molar-refractivity contribution in [1.29, 1.82) is 0 Å². The number of carbonyl (C=O) groups excluding carboxylic acids is 2. The van der Waals surface area contributed by atoms with Crippen LogP contribution in [0.15, 0.2) is 18.2 Å². The van der Waals surface area contributed by atoms with E-state index in [0.717, 1.165) is 0 Å². The molecule has 4 N–H and O–H groups in total. The monoisotopic (exact) mass is 291 g/mol. The lowest BCUT2D eigenvalue weighted by Crippen LogP contribution is -2.37. The van der Waals surface area contributed by atoms with Crippen molar-refractivity contribution < 1.29 is 14.3 Å². The Morgan fingerprint density at radius 3 is 2.86 bits per heavy atom. The standard InChI is InChI=1S/C15H21N3O3/c1-8(2)6-11(16)15(20)17-10-4-5-13-12(7-10)18-14(19)9(3)21-13/h4-5,7-9,11H,6,16H2,1-3H3,(H,17,20)(H,18,19)/t9?,11-/m0/s1. The molecule has 0 aliphatic carbocycles. The summed E-state index contributed by atoms with van der Waals surface area (Å²) >= 11 is 0. The minimum absolute atomic E-state index is 0.206. The lowest BCUT2D eigenvalue weighted by atomic mass is 10.0. The normalized spacial score (nSPS) is 18.5. The van der Waals surface area contributed by atoms with Crippen molar-refractivity contribution in [3.05, 3.63) is 18.2 Å². The molecule has 2 rings (SSSR count). The van der Waals surface area contributed by atoms with Gasteiger partial charge in [-0.1, -0.05) is 13.8 Å². The van der Waals surface area contributed by atoms with E-state index in [1.807, 2.05) is 13.8 Å². The second kappa shape index (κ2) is 6.13. The van der Waals surface area contributed by atoms with E-state index in [9.17, 15) is 9.59 Å². The first-order chi connectivity index (χ1) is 9.86. The Balaban J connectivity index is 2.07. The van der Waals surface area contributed by atoms with Gasteiger partial charge in [0.05, 0.1) is 11.7 Å². The summed E-state index contributed by atoms with van der Waals surface area (Å²) in [6.07, 6.45) is 0.103. The first-order valence-corrected chi connectivity index (χ1v) is 7.05. The van der Waals surface area contributed by atoms with Gasteiger partial charge in [-0.05, 0) is 37.5 Å². The molecule has 2 atom stereocenters. The molecule has 1 aliphatic heterocycles. The van der Waals surface area contributed by atoms with Crippen molar-refractivity contribution in [2.75, 3.05) is 10.6 Å². The molecule has 1 aliphatic rings. The maximum atomic E-state index is 12.0. The zero-order valence-corrected chi connectivity index (χ0v) is 12.5. The van der Waals surface area contributed by atoms with E-state index in [-0.39, 0.29) is 11.8 Å². The van der Waals surface area contributed by atoms with Gasteiger partial charge in [-0.25, -0.2) is 0 Å². The highest BCUT2D eigenvalue weighted by molar-refractivity contribution is 5.99. The smallest absolute Gasteiger partial charge is 0.265 e. The topological polar surface area (TPSA) is 93.5 Å². The predicted octanol–water partition coefficient (Wildman–Crippen LogP) is 1.72. The number of amides is 2. The number of hydrogen-bond acceptors (Lipinski definition) is 4. The summed E-state index contributed by atoms with van der Waals surface area (Å²) in [5.41, 5.74) is 6.97. The van der Waals surface area contributed by atoms with E-state index in [1.165, 1.54) is 0 Å². The molecule has 114 valence electrons. The van der Waals surface area contributed by atoms with E-state index < -0.39 is 12.1 Å². The minimum atomic E-state index is -0.549. The van der Waals surface area contributed by atoms with Crippen LogP contribution in [0.3, 0.4) is 0 Å². The van der Waals surface area contributed by atoms with Gasteiger partial charge >= 0.3 is 0 Å². The number of nitrogens with one attached hydrogen (secondary N) is 2. The molecule has 21 heavy (non-hydrogen) atoms. The zero-order chi connectivity index (χ0) is 15.6. The number of benzene rings is 1. The van der Waals surface area contributed by atoms with Crippen LogP contribution in [-0.4, -0.2) is 24.0 Å². The average Bonchev–Trinajstić information content (AvgIpc) is 2.39. The fourth-order valence-electron chi connectivity index (χ4n) is 2.14. The second-order valence-electron chi connectivity index (χ2n) is 5.69. The molecule has 0 saturated heterocycles. The number of ether oxygens (including phenoxy) is 1. The van der Waals surface area contributed by atoms with Gasteiger partial charge in [-0.3, -0.25) is 9.59 Å². The molecule has 1 heterocycles. The number of anilines is 2. The molecule has 6 heteroatoms. The molecule has 0 spiro atoms. The third kappa shape index (κ3) is 3.72. The Labute approximate surface area is 124 Å². The van der Waals surface area contributed by atoms with Crippen LogP contribution in [0, 0.1) is 5.92 Å². The van der Waals surface area contributed by atoms with Crippen LogP contribution >= 0.6 is 0 Å². The van der Waals surface area contributed by atoms with Crippen molar-refractivity contribution in [3.8, 4) is 5.75 Å². The lowest BCUT2D eigenvalue weighted by Gasteiger charge is -2.24. The van der Waals surface area contributed by atoms with Crippen LogP contribution in [0.4, 0.5) is 11.4 Å². The van der Waals surface area contributed by atoms with Crippen LogP contribution in [0.1, 0.15) is 27.2 Å². The predicted molar refractivity (Wildman–Crippen MR) is 81.2 cm³/mol. The van der Waals surface area contributed by atoms with Crippen molar-refractivity contribution in [2.45, 2.75) is 39.3 Å². The maximum Gasteiger partial charge on any atom is 0.265 e.